The minimum Gasteiger partial charge on any atom is -0.322 e. The Balaban J connectivity index is 1.93. The van der Waals surface area contributed by atoms with Crippen LogP contribution in [0.25, 0.3) is 0 Å². The highest BCUT2D eigenvalue weighted by atomic mass is 32.2. The molecule has 2 amide bonds. The van der Waals surface area contributed by atoms with E-state index in [1.807, 2.05) is 43.3 Å². The zero-order chi connectivity index (χ0) is 17.3. The van der Waals surface area contributed by atoms with Gasteiger partial charge < -0.3 is 5.32 Å². The van der Waals surface area contributed by atoms with Crippen molar-refractivity contribution in [2.75, 3.05) is 10.2 Å². The Kier molecular flexibility index (Phi) is 4.32. The highest BCUT2D eigenvalue weighted by Gasteiger charge is 2.44. The molecule has 0 spiro atoms. The average Bonchev–Trinajstić information content (AvgIpc) is 2.56. The maximum atomic E-state index is 13.1. The van der Waals surface area contributed by atoms with Gasteiger partial charge in [0.1, 0.15) is 5.54 Å². The van der Waals surface area contributed by atoms with E-state index in [1.54, 1.807) is 31.0 Å². The summed E-state index contributed by atoms with van der Waals surface area (Å²) in [4.78, 5) is 31.4. The zero-order valence-electron chi connectivity index (χ0n) is 13.8. The van der Waals surface area contributed by atoms with Crippen molar-refractivity contribution in [3.05, 3.63) is 48.7 Å². The van der Waals surface area contributed by atoms with Crippen LogP contribution in [0.15, 0.2) is 53.7 Å². The van der Waals surface area contributed by atoms with Gasteiger partial charge in [-0.2, -0.15) is 0 Å². The molecule has 1 aromatic carbocycles. The summed E-state index contributed by atoms with van der Waals surface area (Å²) < 4.78 is 0. The van der Waals surface area contributed by atoms with Gasteiger partial charge in [-0.25, -0.2) is 4.98 Å². The molecule has 0 fully saturated rings. The smallest absolute Gasteiger partial charge is 0.250 e. The number of para-hydroxylation sites is 2. The first-order valence-electron chi connectivity index (χ1n) is 7.73. The number of hydrogen-bond acceptors (Lipinski definition) is 4. The number of pyridine rings is 1. The summed E-state index contributed by atoms with van der Waals surface area (Å²) in [6, 6.07) is 13.0. The van der Waals surface area contributed by atoms with Crippen molar-refractivity contribution in [2.24, 2.45) is 0 Å². The van der Waals surface area contributed by atoms with Crippen molar-refractivity contribution < 1.29 is 9.59 Å². The molecule has 124 valence electrons. The van der Waals surface area contributed by atoms with Crippen molar-refractivity contribution in [1.82, 2.24) is 4.98 Å². The second-order valence-electron chi connectivity index (χ2n) is 6.13. The fraction of sp³-hybridized carbons (Fsp3) is 0.278. The first kappa shape index (κ1) is 16.5. The van der Waals surface area contributed by atoms with Crippen LogP contribution in [0.1, 0.15) is 20.8 Å². The number of fused-ring (bicyclic) bond motifs is 1. The summed E-state index contributed by atoms with van der Waals surface area (Å²) in [6.45, 7) is 5.36. The van der Waals surface area contributed by atoms with Crippen LogP contribution in [0, 0.1) is 0 Å². The molecule has 1 atom stereocenters. The van der Waals surface area contributed by atoms with Crippen molar-refractivity contribution in [3.63, 3.8) is 0 Å². The van der Waals surface area contributed by atoms with Gasteiger partial charge in [-0.1, -0.05) is 30.0 Å². The molecule has 2 heterocycles. The Bertz CT molecular complexity index is 777. The molecule has 1 aliphatic rings. The number of anilines is 2. The van der Waals surface area contributed by atoms with Crippen molar-refractivity contribution in [2.45, 2.75) is 36.6 Å². The molecule has 24 heavy (non-hydrogen) atoms. The third-order valence-electron chi connectivity index (χ3n) is 4.01. The third-order valence-corrected chi connectivity index (χ3v) is 5.05. The summed E-state index contributed by atoms with van der Waals surface area (Å²) in [6.07, 6.45) is 1.70. The zero-order valence-corrected chi connectivity index (χ0v) is 14.6. The summed E-state index contributed by atoms with van der Waals surface area (Å²) in [5.41, 5.74) is 0.426. The lowest BCUT2D eigenvalue weighted by Crippen LogP contribution is -2.60. The molecule has 1 aromatic heterocycles. The second-order valence-corrected chi connectivity index (χ2v) is 7.49. The normalized spacial score (nSPS) is 17.0. The predicted molar refractivity (Wildman–Crippen MR) is 96.2 cm³/mol. The standard InChI is InChI=1S/C18H19N3O2S/c1-12(24-15-10-6-7-11-19-15)16(22)21-14-9-5-4-8-13(14)20-17(23)18(21,2)3/h4-12H,1-3H3,(H,20,23). The lowest BCUT2D eigenvalue weighted by molar-refractivity contribution is -0.126. The topological polar surface area (TPSA) is 62.3 Å². The number of rotatable bonds is 3. The number of aromatic nitrogens is 1. The van der Waals surface area contributed by atoms with Crippen LogP contribution in [-0.2, 0) is 9.59 Å². The van der Waals surface area contributed by atoms with Gasteiger partial charge in [0.25, 0.3) is 0 Å². The van der Waals surface area contributed by atoms with Crippen LogP contribution >= 0.6 is 11.8 Å². The summed E-state index contributed by atoms with van der Waals surface area (Å²) in [5, 5.41) is 3.29. The molecule has 2 aromatic rings. The van der Waals surface area contributed by atoms with E-state index < -0.39 is 5.54 Å². The van der Waals surface area contributed by atoms with E-state index >= 15 is 0 Å². The Labute approximate surface area is 145 Å². The molecule has 5 nitrogen and oxygen atoms in total. The minimum absolute atomic E-state index is 0.113. The number of nitrogens with zero attached hydrogens (tertiary/aromatic N) is 2. The fourth-order valence-corrected chi connectivity index (χ4v) is 3.52. The predicted octanol–water partition coefficient (Wildman–Crippen LogP) is 3.33. The Morgan fingerprint density at radius 1 is 1.21 bits per heavy atom. The molecule has 0 bridgehead atoms. The molecule has 1 unspecified atom stereocenters. The van der Waals surface area contributed by atoms with Crippen molar-refractivity contribution in [3.8, 4) is 0 Å². The first-order chi connectivity index (χ1) is 11.4. The molecule has 6 heteroatoms. The highest BCUT2D eigenvalue weighted by Crippen LogP contribution is 2.38. The number of nitrogens with one attached hydrogen (secondary N) is 1. The van der Waals surface area contributed by atoms with Gasteiger partial charge in [-0.05, 0) is 45.0 Å². The van der Waals surface area contributed by atoms with Gasteiger partial charge in [0.05, 0.1) is 21.7 Å². The van der Waals surface area contributed by atoms with E-state index in [0.29, 0.717) is 5.69 Å². The van der Waals surface area contributed by atoms with Crippen LogP contribution in [0.5, 0.6) is 0 Å². The maximum absolute atomic E-state index is 13.1. The van der Waals surface area contributed by atoms with Crippen LogP contribution in [0.3, 0.4) is 0 Å². The second kappa shape index (κ2) is 6.28. The van der Waals surface area contributed by atoms with Gasteiger partial charge in [-0.3, -0.25) is 14.5 Å². The van der Waals surface area contributed by atoms with Crippen LogP contribution < -0.4 is 10.2 Å². The number of amides is 2. The summed E-state index contributed by atoms with van der Waals surface area (Å²) in [7, 11) is 0. The molecule has 0 radical (unpaired) electrons. The number of thioether (sulfide) groups is 1. The first-order valence-corrected chi connectivity index (χ1v) is 8.61. The van der Waals surface area contributed by atoms with E-state index in [9.17, 15) is 9.59 Å². The monoisotopic (exact) mass is 341 g/mol. The number of hydrogen-bond donors (Lipinski definition) is 1. The van der Waals surface area contributed by atoms with Crippen molar-refractivity contribution >= 4 is 35.0 Å². The van der Waals surface area contributed by atoms with Gasteiger partial charge in [0.2, 0.25) is 11.8 Å². The Hall–Kier alpha value is -2.34. The molecule has 0 saturated carbocycles. The van der Waals surface area contributed by atoms with Crippen molar-refractivity contribution in [1.29, 1.82) is 0 Å². The quantitative estimate of drug-likeness (QED) is 0.870. The number of benzene rings is 1. The van der Waals surface area contributed by atoms with Gasteiger partial charge in [0.15, 0.2) is 0 Å². The molecular formula is C18H19N3O2S. The van der Waals surface area contributed by atoms with Gasteiger partial charge in [0, 0.05) is 6.20 Å². The average molecular weight is 341 g/mol. The molecule has 3 rings (SSSR count). The number of carbonyl (C=O) groups excluding carboxylic acids is 2. The van der Waals surface area contributed by atoms with Crippen LogP contribution in [-0.4, -0.2) is 27.6 Å². The highest BCUT2D eigenvalue weighted by molar-refractivity contribution is 8.00. The molecule has 1 aliphatic heterocycles. The van der Waals surface area contributed by atoms with Gasteiger partial charge >= 0.3 is 0 Å². The Morgan fingerprint density at radius 2 is 1.92 bits per heavy atom. The lowest BCUT2D eigenvalue weighted by Gasteiger charge is -2.43. The van der Waals surface area contributed by atoms with Crippen LogP contribution in [0.2, 0.25) is 0 Å². The fourth-order valence-electron chi connectivity index (χ4n) is 2.68. The van der Waals surface area contributed by atoms with E-state index in [0.717, 1.165) is 10.7 Å². The van der Waals surface area contributed by atoms with Crippen LogP contribution in [0.4, 0.5) is 11.4 Å². The largest absolute Gasteiger partial charge is 0.322 e. The lowest BCUT2D eigenvalue weighted by atomic mass is 9.96. The van der Waals surface area contributed by atoms with E-state index in [4.69, 9.17) is 0 Å². The minimum atomic E-state index is -0.954. The SMILES string of the molecule is CC(Sc1ccccn1)C(=O)N1c2ccccc2NC(=O)C1(C)C. The molecule has 1 N–H and O–H groups in total. The molecule has 0 aliphatic carbocycles. The van der Waals surface area contributed by atoms with E-state index in [1.165, 1.54) is 11.8 Å². The molecule has 0 saturated heterocycles. The summed E-state index contributed by atoms with van der Waals surface area (Å²) >= 11 is 1.39. The van der Waals surface area contributed by atoms with E-state index in [2.05, 4.69) is 10.3 Å². The third kappa shape index (κ3) is 2.89. The van der Waals surface area contributed by atoms with Gasteiger partial charge in [-0.15, -0.1) is 0 Å². The Morgan fingerprint density at radius 3 is 2.62 bits per heavy atom. The number of carbonyl (C=O) groups is 2. The summed E-state index contributed by atoms with van der Waals surface area (Å²) in [5.74, 6) is -0.303. The maximum Gasteiger partial charge on any atom is 0.250 e. The van der Waals surface area contributed by atoms with E-state index in [-0.39, 0.29) is 17.1 Å². The molecular weight excluding hydrogens is 322 g/mol.